The lowest BCUT2D eigenvalue weighted by Gasteiger charge is -2.20. The van der Waals surface area contributed by atoms with Gasteiger partial charge in [-0.3, -0.25) is 10.1 Å². The van der Waals surface area contributed by atoms with E-state index in [1.807, 2.05) is 20.8 Å². The summed E-state index contributed by atoms with van der Waals surface area (Å²) in [5, 5.41) is 10.5. The minimum atomic E-state index is -0.455. The molecule has 1 aromatic heterocycles. The quantitative estimate of drug-likeness (QED) is 0.555. The average molecular weight is 210 g/mol. The average Bonchev–Trinajstić information content (AvgIpc) is 1.99. The van der Waals surface area contributed by atoms with Crippen molar-refractivity contribution in [2.24, 2.45) is 0 Å². The summed E-state index contributed by atoms with van der Waals surface area (Å²) in [6.07, 6.45) is 1.22. The van der Waals surface area contributed by atoms with Crippen molar-refractivity contribution in [2.75, 3.05) is 0 Å². The van der Waals surface area contributed by atoms with Crippen LogP contribution in [-0.2, 0) is 0 Å². The highest BCUT2D eigenvalue weighted by atomic mass is 16.6. The monoisotopic (exact) mass is 210 g/mol. The summed E-state index contributed by atoms with van der Waals surface area (Å²) in [6.45, 7) is 7.34. The number of rotatable bonds is 2. The third-order valence-corrected chi connectivity index (χ3v) is 1.67. The zero-order valence-corrected chi connectivity index (χ0v) is 9.27. The van der Waals surface area contributed by atoms with Gasteiger partial charge >= 0.3 is 0 Å². The molecule has 1 aromatic rings. The van der Waals surface area contributed by atoms with Crippen molar-refractivity contribution in [3.05, 3.63) is 27.9 Å². The van der Waals surface area contributed by atoms with E-state index in [0.29, 0.717) is 11.4 Å². The Kier molecular flexibility index (Phi) is 2.93. The van der Waals surface area contributed by atoms with Gasteiger partial charge in [0.25, 0.3) is 5.69 Å². The fourth-order valence-corrected chi connectivity index (χ4v) is 1.08. The molecule has 1 rings (SSSR count). The molecule has 0 bridgehead atoms. The van der Waals surface area contributed by atoms with Crippen LogP contribution in [0.15, 0.2) is 12.3 Å². The molecule has 0 aliphatic rings. The first-order valence-corrected chi connectivity index (χ1v) is 4.59. The van der Waals surface area contributed by atoms with Crippen LogP contribution >= 0.6 is 0 Å². The number of pyridine rings is 1. The Morgan fingerprint density at radius 2 is 2.07 bits per heavy atom. The van der Waals surface area contributed by atoms with Crippen molar-refractivity contribution < 1.29 is 9.66 Å². The number of nitro groups is 1. The standard InChI is InChI=1S/C10H14N2O3/c1-7-5-9(15-10(2,3)4)11-6-8(7)12(13)14/h5-6H,1-4H3. The predicted octanol–water partition coefficient (Wildman–Crippen LogP) is 2.48. The van der Waals surface area contributed by atoms with Gasteiger partial charge < -0.3 is 4.74 Å². The van der Waals surface area contributed by atoms with Crippen LogP contribution < -0.4 is 4.74 Å². The van der Waals surface area contributed by atoms with Crippen molar-refractivity contribution in [3.63, 3.8) is 0 Å². The summed E-state index contributed by atoms with van der Waals surface area (Å²) in [5.74, 6) is 0.408. The summed E-state index contributed by atoms with van der Waals surface area (Å²) >= 11 is 0. The van der Waals surface area contributed by atoms with Crippen molar-refractivity contribution in [1.82, 2.24) is 4.98 Å². The van der Waals surface area contributed by atoms with E-state index < -0.39 is 4.92 Å². The van der Waals surface area contributed by atoms with E-state index >= 15 is 0 Å². The third-order valence-electron chi connectivity index (χ3n) is 1.67. The number of hydrogen-bond acceptors (Lipinski definition) is 4. The number of ether oxygens (including phenoxy) is 1. The minimum Gasteiger partial charge on any atom is -0.472 e. The van der Waals surface area contributed by atoms with Gasteiger partial charge in [-0.25, -0.2) is 4.98 Å². The smallest absolute Gasteiger partial charge is 0.290 e. The van der Waals surface area contributed by atoms with E-state index in [4.69, 9.17) is 4.74 Å². The van der Waals surface area contributed by atoms with Crippen LogP contribution in [0.3, 0.4) is 0 Å². The molecule has 0 aliphatic carbocycles. The molecule has 0 unspecified atom stereocenters. The lowest BCUT2D eigenvalue weighted by Crippen LogP contribution is -2.23. The molecule has 0 N–H and O–H groups in total. The summed E-state index contributed by atoms with van der Waals surface area (Å²) in [5.41, 5.74) is 0.209. The minimum absolute atomic E-state index is 0.0104. The third kappa shape index (κ3) is 3.19. The fourth-order valence-electron chi connectivity index (χ4n) is 1.08. The van der Waals surface area contributed by atoms with Crippen molar-refractivity contribution in [2.45, 2.75) is 33.3 Å². The Morgan fingerprint density at radius 3 is 2.47 bits per heavy atom. The highest BCUT2D eigenvalue weighted by Gasteiger charge is 2.16. The van der Waals surface area contributed by atoms with Gasteiger partial charge in [0, 0.05) is 11.6 Å². The summed E-state index contributed by atoms with van der Waals surface area (Å²) in [4.78, 5) is 14.0. The molecule has 1 heterocycles. The molecule has 0 aliphatic heterocycles. The van der Waals surface area contributed by atoms with Gasteiger partial charge in [-0.1, -0.05) is 0 Å². The van der Waals surface area contributed by atoms with Crippen LogP contribution in [-0.4, -0.2) is 15.5 Å². The molecule has 0 aromatic carbocycles. The predicted molar refractivity (Wildman–Crippen MR) is 56.0 cm³/mol. The first-order chi connectivity index (χ1) is 6.79. The normalized spacial score (nSPS) is 11.2. The van der Waals surface area contributed by atoms with Gasteiger partial charge in [-0.15, -0.1) is 0 Å². The topological polar surface area (TPSA) is 65.3 Å². The highest BCUT2D eigenvalue weighted by molar-refractivity contribution is 5.39. The first-order valence-electron chi connectivity index (χ1n) is 4.59. The zero-order chi connectivity index (χ0) is 11.6. The SMILES string of the molecule is Cc1cc(OC(C)(C)C)ncc1[N+](=O)[O-]. The van der Waals surface area contributed by atoms with Crippen LogP contribution in [0.5, 0.6) is 5.88 Å². The molecular weight excluding hydrogens is 196 g/mol. The summed E-state index contributed by atoms with van der Waals surface area (Å²) in [6, 6.07) is 1.57. The van der Waals surface area contributed by atoms with Crippen LogP contribution in [0.25, 0.3) is 0 Å². The zero-order valence-electron chi connectivity index (χ0n) is 9.27. The second-order valence-corrected chi connectivity index (χ2v) is 4.28. The van der Waals surface area contributed by atoms with E-state index in [9.17, 15) is 10.1 Å². The highest BCUT2D eigenvalue weighted by Crippen LogP contribution is 2.22. The van der Waals surface area contributed by atoms with Gasteiger partial charge in [0.05, 0.1) is 4.92 Å². The molecule has 0 amide bonds. The van der Waals surface area contributed by atoms with Gasteiger partial charge in [0.1, 0.15) is 11.8 Å². The number of hydrogen-bond donors (Lipinski definition) is 0. The Balaban J connectivity index is 2.97. The molecule has 0 radical (unpaired) electrons. The van der Waals surface area contributed by atoms with Crippen LogP contribution in [0.2, 0.25) is 0 Å². The molecule has 5 heteroatoms. The maximum absolute atomic E-state index is 10.5. The lowest BCUT2D eigenvalue weighted by molar-refractivity contribution is -0.385. The molecule has 0 fully saturated rings. The Hall–Kier alpha value is -1.65. The summed E-state index contributed by atoms with van der Waals surface area (Å²) in [7, 11) is 0. The van der Waals surface area contributed by atoms with E-state index in [-0.39, 0.29) is 11.3 Å². The van der Waals surface area contributed by atoms with Gasteiger partial charge in [-0.05, 0) is 27.7 Å². The van der Waals surface area contributed by atoms with Crippen LogP contribution in [0.4, 0.5) is 5.69 Å². The first kappa shape index (κ1) is 11.4. The van der Waals surface area contributed by atoms with E-state index in [1.54, 1.807) is 13.0 Å². The number of aryl methyl sites for hydroxylation is 1. The Morgan fingerprint density at radius 1 is 1.47 bits per heavy atom. The summed E-state index contributed by atoms with van der Waals surface area (Å²) < 4.78 is 5.48. The van der Waals surface area contributed by atoms with Crippen molar-refractivity contribution in [1.29, 1.82) is 0 Å². The van der Waals surface area contributed by atoms with E-state index in [0.717, 1.165) is 0 Å². The van der Waals surface area contributed by atoms with E-state index in [1.165, 1.54) is 6.20 Å². The molecule has 5 nitrogen and oxygen atoms in total. The van der Waals surface area contributed by atoms with Gasteiger partial charge in [0.15, 0.2) is 0 Å². The maximum Gasteiger partial charge on any atom is 0.290 e. The molecule has 82 valence electrons. The Bertz CT molecular complexity index is 383. The second-order valence-electron chi connectivity index (χ2n) is 4.28. The van der Waals surface area contributed by atoms with Crippen molar-refractivity contribution in [3.8, 4) is 5.88 Å². The van der Waals surface area contributed by atoms with Gasteiger partial charge in [0.2, 0.25) is 5.88 Å². The maximum atomic E-state index is 10.5. The lowest BCUT2D eigenvalue weighted by atomic mass is 10.2. The largest absolute Gasteiger partial charge is 0.472 e. The molecular formula is C10H14N2O3. The molecule has 0 atom stereocenters. The second kappa shape index (κ2) is 3.84. The van der Waals surface area contributed by atoms with Crippen LogP contribution in [0.1, 0.15) is 26.3 Å². The number of aromatic nitrogens is 1. The molecule has 15 heavy (non-hydrogen) atoms. The number of nitrogens with zero attached hydrogens (tertiary/aromatic N) is 2. The fraction of sp³-hybridized carbons (Fsp3) is 0.500. The van der Waals surface area contributed by atoms with Crippen molar-refractivity contribution >= 4 is 5.69 Å². The Labute approximate surface area is 88.2 Å². The molecule has 0 saturated heterocycles. The molecule has 0 saturated carbocycles. The van der Waals surface area contributed by atoms with Crippen LogP contribution in [0, 0.1) is 17.0 Å². The van der Waals surface area contributed by atoms with E-state index in [2.05, 4.69) is 4.98 Å². The van der Waals surface area contributed by atoms with Gasteiger partial charge in [-0.2, -0.15) is 0 Å². The molecule has 0 spiro atoms.